The van der Waals surface area contributed by atoms with Crippen LogP contribution in [0.5, 0.6) is 0 Å². The van der Waals surface area contributed by atoms with E-state index in [4.69, 9.17) is 10.4 Å². The van der Waals surface area contributed by atoms with Crippen LogP contribution in [-0.2, 0) is 9.59 Å². The van der Waals surface area contributed by atoms with Crippen molar-refractivity contribution in [3.8, 4) is 6.07 Å². The van der Waals surface area contributed by atoms with Gasteiger partial charge in [-0.05, 0) is 20.8 Å². The van der Waals surface area contributed by atoms with Gasteiger partial charge in [-0.2, -0.15) is 5.26 Å². The summed E-state index contributed by atoms with van der Waals surface area (Å²) in [6.45, 7) is 5.08. The van der Waals surface area contributed by atoms with Crippen molar-refractivity contribution in [2.45, 2.75) is 26.8 Å². The van der Waals surface area contributed by atoms with E-state index in [2.05, 4.69) is 15.6 Å². The molecule has 0 aliphatic rings. The van der Waals surface area contributed by atoms with Crippen molar-refractivity contribution in [1.29, 1.82) is 5.26 Å². The minimum absolute atomic E-state index is 0.219. The first-order chi connectivity index (χ1) is 9.35. The second kappa shape index (κ2) is 6.68. The summed E-state index contributed by atoms with van der Waals surface area (Å²) < 4.78 is 0. The highest BCUT2D eigenvalue weighted by Gasteiger charge is 2.17. The zero-order valence-electron chi connectivity index (χ0n) is 11.2. The summed E-state index contributed by atoms with van der Waals surface area (Å²) in [5.74, 6) is -1.92. The van der Waals surface area contributed by atoms with E-state index in [1.165, 1.54) is 24.5 Å². The fourth-order valence-corrected chi connectivity index (χ4v) is 1.94. The summed E-state index contributed by atoms with van der Waals surface area (Å²) in [5, 5.41) is 23.1. The van der Waals surface area contributed by atoms with Crippen LogP contribution in [0.2, 0.25) is 0 Å². The Morgan fingerprint density at radius 3 is 2.60 bits per heavy atom. The van der Waals surface area contributed by atoms with Crippen LogP contribution in [0.3, 0.4) is 0 Å². The molecule has 1 aromatic rings. The van der Waals surface area contributed by atoms with Gasteiger partial charge in [-0.3, -0.25) is 9.59 Å². The molecule has 0 spiro atoms. The molecular weight excluding hydrogens is 280 g/mol. The Hall–Kier alpha value is -2.40. The Morgan fingerprint density at radius 2 is 2.15 bits per heavy atom. The molecule has 0 radical (unpaired) electrons. The van der Waals surface area contributed by atoms with Gasteiger partial charge in [0.25, 0.3) is 5.91 Å². The second-order valence-electron chi connectivity index (χ2n) is 4.01. The lowest BCUT2D eigenvalue weighted by atomic mass is 10.2. The van der Waals surface area contributed by atoms with Crippen molar-refractivity contribution in [2.24, 2.45) is 0 Å². The maximum absolute atomic E-state index is 11.7. The number of carboxylic acids is 1. The van der Waals surface area contributed by atoms with Crippen molar-refractivity contribution < 1.29 is 14.7 Å². The highest BCUT2D eigenvalue weighted by Crippen LogP contribution is 2.21. The molecule has 1 amide bonds. The molecule has 1 heterocycles. The lowest BCUT2D eigenvalue weighted by Gasteiger charge is -2.08. The largest absolute Gasteiger partial charge is 0.480 e. The van der Waals surface area contributed by atoms with Gasteiger partial charge < -0.3 is 15.7 Å². The Kier molecular flexibility index (Phi) is 5.23. The van der Waals surface area contributed by atoms with E-state index in [1.54, 1.807) is 6.07 Å². The molecule has 1 rings (SSSR count). The highest BCUT2D eigenvalue weighted by molar-refractivity contribution is 7.15. The number of carboxylic acid groups (broad SMARTS) is 1. The van der Waals surface area contributed by atoms with Gasteiger partial charge in [0.2, 0.25) is 0 Å². The lowest BCUT2D eigenvalue weighted by Crippen LogP contribution is -2.39. The first-order valence-corrected chi connectivity index (χ1v) is 6.51. The molecule has 3 N–H and O–H groups in total. The van der Waals surface area contributed by atoms with E-state index < -0.39 is 17.9 Å². The molecule has 106 valence electrons. The second-order valence-corrected chi connectivity index (χ2v) is 5.21. The Balaban J connectivity index is 2.75. The highest BCUT2D eigenvalue weighted by atomic mass is 32.1. The van der Waals surface area contributed by atoms with Gasteiger partial charge in [-0.25, -0.2) is 4.98 Å². The third-order valence-electron chi connectivity index (χ3n) is 2.45. The summed E-state index contributed by atoms with van der Waals surface area (Å²) in [6, 6.07) is 0.642. The Labute approximate surface area is 119 Å². The fraction of sp³-hybridized carbons (Fsp3) is 0.333. The molecule has 0 saturated carbocycles. The average molecular weight is 294 g/mol. The molecule has 20 heavy (non-hydrogen) atoms. The maximum atomic E-state index is 11.7. The quantitative estimate of drug-likeness (QED) is 0.554. The zero-order chi connectivity index (χ0) is 15.3. The summed E-state index contributed by atoms with van der Waals surface area (Å²) in [6.07, 6.45) is 1.21. The number of nitriles is 1. The van der Waals surface area contributed by atoms with Gasteiger partial charge in [-0.15, -0.1) is 11.3 Å². The van der Waals surface area contributed by atoms with Crippen molar-refractivity contribution in [1.82, 2.24) is 10.3 Å². The third kappa shape index (κ3) is 4.07. The average Bonchev–Trinajstić information content (AvgIpc) is 2.69. The first kappa shape index (κ1) is 15.7. The van der Waals surface area contributed by atoms with E-state index in [1.807, 2.05) is 13.8 Å². The van der Waals surface area contributed by atoms with Gasteiger partial charge in [0.1, 0.15) is 17.7 Å². The van der Waals surface area contributed by atoms with Gasteiger partial charge in [0.15, 0.2) is 5.13 Å². The van der Waals surface area contributed by atoms with E-state index in [0.29, 0.717) is 5.13 Å². The van der Waals surface area contributed by atoms with Crippen LogP contribution in [0.15, 0.2) is 11.8 Å². The molecule has 1 aromatic heterocycles. The number of hydrogen-bond donors (Lipinski definition) is 3. The molecule has 7 nitrogen and oxygen atoms in total. The minimum Gasteiger partial charge on any atom is -0.480 e. The molecule has 0 bridgehead atoms. The van der Waals surface area contributed by atoms with Crippen LogP contribution in [0.25, 0.3) is 0 Å². The summed E-state index contributed by atoms with van der Waals surface area (Å²) >= 11 is 1.40. The van der Waals surface area contributed by atoms with Gasteiger partial charge in [0.05, 0.1) is 5.69 Å². The van der Waals surface area contributed by atoms with Crippen molar-refractivity contribution in [2.75, 3.05) is 5.32 Å². The number of aryl methyl sites for hydroxylation is 2. The molecular formula is C12H14N4O3S. The number of nitrogens with zero attached hydrogens (tertiary/aromatic N) is 2. The minimum atomic E-state index is -1.17. The fourth-order valence-electron chi connectivity index (χ4n) is 1.15. The lowest BCUT2D eigenvalue weighted by molar-refractivity contribution is -0.140. The van der Waals surface area contributed by atoms with E-state index in [-0.39, 0.29) is 5.57 Å². The first-order valence-electron chi connectivity index (χ1n) is 5.69. The van der Waals surface area contributed by atoms with Crippen LogP contribution in [0, 0.1) is 25.2 Å². The molecule has 0 aliphatic heterocycles. The third-order valence-corrected chi connectivity index (χ3v) is 3.46. The Bertz CT molecular complexity index is 581. The molecule has 0 saturated heterocycles. The zero-order valence-corrected chi connectivity index (χ0v) is 12.0. The maximum Gasteiger partial charge on any atom is 0.325 e. The van der Waals surface area contributed by atoms with Crippen LogP contribution in [0.4, 0.5) is 5.13 Å². The molecule has 0 aromatic carbocycles. The number of anilines is 1. The summed E-state index contributed by atoms with van der Waals surface area (Å²) in [7, 11) is 0. The number of aromatic nitrogens is 1. The van der Waals surface area contributed by atoms with Crippen molar-refractivity contribution in [3.63, 3.8) is 0 Å². The number of carbonyl (C=O) groups excluding carboxylic acids is 1. The van der Waals surface area contributed by atoms with Gasteiger partial charge in [-0.1, -0.05) is 0 Å². The van der Waals surface area contributed by atoms with E-state index in [9.17, 15) is 9.59 Å². The number of amides is 1. The van der Waals surface area contributed by atoms with Crippen LogP contribution in [-0.4, -0.2) is 28.0 Å². The molecule has 0 fully saturated rings. The topological polar surface area (TPSA) is 115 Å². The van der Waals surface area contributed by atoms with Crippen LogP contribution >= 0.6 is 11.3 Å². The molecule has 0 aliphatic carbocycles. The molecule has 1 unspecified atom stereocenters. The number of hydrogen-bond acceptors (Lipinski definition) is 6. The van der Waals surface area contributed by atoms with Crippen molar-refractivity contribution in [3.05, 3.63) is 22.3 Å². The predicted molar refractivity (Wildman–Crippen MR) is 74.1 cm³/mol. The van der Waals surface area contributed by atoms with E-state index >= 15 is 0 Å². The standard InChI is InChI=1S/C12H14N4O3S/c1-6-8(3)20-12(16-6)14-5-9(4-13)10(17)15-7(2)11(18)19/h5,7H,1-3H3,(H,14,16)(H,15,17)(H,18,19)/b9-5-. The van der Waals surface area contributed by atoms with Crippen LogP contribution < -0.4 is 10.6 Å². The normalized spacial score (nSPS) is 12.4. The number of nitrogens with one attached hydrogen (secondary N) is 2. The number of aliphatic carboxylic acids is 1. The SMILES string of the molecule is Cc1nc(N/C=C(/C#N)C(=O)NC(C)C(=O)O)sc1C. The van der Waals surface area contributed by atoms with Gasteiger partial charge >= 0.3 is 5.97 Å². The Morgan fingerprint density at radius 1 is 1.50 bits per heavy atom. The van der Waals surface area contributed by atoms with Gasteiger partial charge in [0, 0.05) is 11.1 Å². The van der Waals surface area contributed by atoms with Crippen LogP contribution in [0.1, 0.15) is 17.5 Å². The molecule has 1 atom stereocenters. The smallest absolute Gasteiger partial charge is 0.325 e. The number of thiazole rings is 1. The monoisotopic (exact) mass is 294 g/mol. The molecule has 8 heteroatoms. The number of rotatable bonds is 5. The predicted octanol–water partition coefficient (Wildman–Crippen LogP) is 1.17. The summed E-state index contributed by atoms with van der Waals surface area (Å²) in [4.78, 5) is 27.5. The number of carbonyl (C=O) groups is 2. The van der Waals surface area contributed by atoms with E-state index in [0.717, 1.165) is 10.6 Å². The van der Waals surface area contributed by atoms with Crippen molar-refractivity contribution >= 4 is 28.3 Å². The summed E-state index contributed by atoms with van der Waals surface area (Å²) in [5.41, 5.74) is 0.650.